The van der Waals surface area contributed by atoms with E-state index >= 15 is 0 Å². The summed E-state index contributed by atoms with van der Waals surface area (Å²) in [6, 6.07) is 0. The van der Waals surface area contributed by atoms with Gasteiger partial charge in [0.05, 0.1) is 11.7 Å². The van der Waals surface area contributed by atoms with Gasteiger partial charge in [0, 0.05) is 13.0 Å². The van der Waals surface area contributed by atoms with Crippen LogP contribution in [0.25, 0.3) is 0 Å². The van der Waals surface area contributed by atoms with Crippen molar-refractivity contribution in [1.29, 1.82) is 0 Å². The van der Waals surface area contributed by atoms with Gasteiger partial charge in [-0.3, -0.25) is 0 Å². The molecule has 0 saturated carbocycles. The van der Waals surface area contributed by atoms with Gasteiger partial charge in [-0.2, -0.15) is 0 Å². The first-order valence-corrected chi connectivity index (χ1v) is 4.84. The third-order valence-electron chi connectivity index (χ3n) is 2.98. The molecular weight excluding hydrogens is 154 g/mol. The fraction of sp³-hybridized carbons (Fsp3) is 1.00. The van der Waals surface area contributed by atoms with E-state index in [0.29, 0.717) is 0 Å². The maximum absolute atomic E-state index is 9.53. The molecule has 1 spiro atoms. The summed E-state index contributed by atoms with van der Waals surface area (Å²) in [6.45, 7) is 2.81. The summed E-state index contributed by atoms with van der Waals surface area (Å²) < 4.78 is 5.78. The summed E-state index contributed by atoms with van der Waals surface area (Å²) in [4.78, 5) is 0. The lowest BCUT2D eigenvalue weighted by Crippen LogP contribution is -2.49. The Morgan fingerprint density at radius 1 is 1.33 bits per heavy atom. The standard InChI is InChI=1S/C9H17NO2/c11-8-1-6-12-9(7-8)2-4-10-5-3-9/h8,10-11H,1-7H2/t8-/m1/s1. The van der Waals surface area contributed by atoms with Crippen LogP contribution < -0.4 is 5.32 Å². The highest BCUT2D eigenvalue weighted by Gasteiger charge is 2.37. The van der Waals surface area contributed by atoms with Gasteiger partial charge in [-0.25, -0.2) is 0 Å². The average Bonchev–Trinajstić information content (AvgIpc) is 2.05. The van der Waals surface area contributed by atoms with Crippen molar-refractivity contribution in [2.24, 2.45) is 0 Å². The lowest BCUT2D eigenvalue weighted by Gasteiger charge is -2.42. The Bertz CT molecular complexity index is 149. The molecule has 1 atom stereocenters. The third-order valence-corrected chi connectivity index (χ3v) is 2.98. The van der Waals surface area contributed by atoms with Crippen LogP contribution in [0.3, 0.4) is 0 Å². The Morgan fingerprint density at radius 3 is 2.75 bits per heavy atom. The van der Waals surface area contributed by atoms with Crippen LogP contribution in [-0.2, 0) is 4.74 Å². The van der Waals surface area contributed by atoms with Gasteiger partial charge in [0.25, 0.3) is 0 Å². The van der Waals surface area contributed by atoms with E-state index in [9.17, 15) is 5.11 Å². The molecule has 0 amide bonds. The number of rotatable bonds is 0. The molecule has 0 aromatic carbocycles. The monoisotopic (exact) mass is 171 g/mol. The second-order valence-electron chi connectivity index (χ2n) is 3.93. The molecule has 0 aromatic rings. The molecule has 3 heteroatoms. The first-order valence-electron chi connectivity index (χ1n) is 4.84. The molecule has 2 N–H and O–H groups in total. The average molecular weight is 171 g/mol. The molecule has 2 fully saturated rings. The zero-order valence-corrected chi connectivity index (χ0v) is 7.38. The maximum Gasteiger partial charge on any atom is 0.0731 e. The van der Waals surface area contributed by atoms with E-state index in [4.69, 9.17) is 4.74 Å². The van der Waals surface area contributed by atoms with Crippen LogP contribution in [0.2, 0.25) is 0 Å². The molecule has 0 unspecified atom stereocenters. The maximum atomic E-state index is 9.53. The molecule has 0 bridgehead atoms. The van der Waals surface area contributed by atoms with E-state index in [2.05, 4.69) is 5.32 Å². The van der Waals surface area contributed by atoms with Crippen molar-refractivity contribution in [2.75, 3.05) is 19.7 Å². The van der Waals surface area contributed by atoms with E-state index in [0.717, 1.165) is 45.4 Å². The summed E-state index contributed by atoms with van der Waals surface area (Å²) >= 11 is 0. The Morgan fingerprint density at radius 2 is 2.08 bits per heavy atom. The zero-order chi connectivity index (χ0) is 8.44. The molecule has 3 nitrogen and oxygen atoms in total. The number of ether oxygens (including phenoxy) is 1. The quantitative estimate of drug-likeness (QED) is 0.550. The van der Waals surface area contributed by atoms with Gasteiger partial charge in [0.15, 0.2) is 0 Å². The van der Waals surface area contributed by atoms with Gasteiger partial charge in [0.1, 0.15) is 0 Å². The molecule has 0 aromatic heterocycles. The third kappa shape index (κ3) is 1.63. The lowest BCUT2D eigenvalue weighted by molar-refractivity contribution is -0.131. The fourth-order valence-corrected chi connectivity index (χ4v) is 2.23. The minimum atomic E-state index is -0.128. The van der Waals surface area contributed by atoms with Crippen LogP contribution in [0.1, 0.15) is 25.7 Å². The summed E-state index contributed by atoms with van der Waals surface area (Å²) in [5, 5.41) is 12.8. The van der Waals surface area contributed by atoms with Crippen molar-refractivity contribution >= 4 is 0 Å². The van der Waals surface area contributed by atoms with Gasteiger partial charge < -0.3 is 15.2 Å². The van der Waals surface area contributed by atoms with Crippen molar-refractivity contribution in [3.8, 4) is 0 Å². The van der Waals surface area contributed by atoms with Gasteiger partial charge in [-0.1, -0.05) is 0 Å². The number of aliphatic hydroxyl groups excluding tert-OH is 1. The van der Waals surface area contributed by atoms with Gasteiger partial charge in [-0.15, -0.1) is 0 Å². The summed E-state index contributed by atoms with van der Waals surface area (Å²) in [5.41, 5.74) is 0.0168. The van der Waals surface area contributed by atoms with Gasteiger partial charge >= 0.3 is 0 Å². The number of aliphatic hydroxyl groups is 1. The van der Waals surface area contributed by atoms with E-state index in [1.165, 1.54) is 0 Å². The minimum Gasteiger partial charge on any atom is -0.393 e. The van der Waals surface area contributed by atoms with Crippen LogP contribution in [0.15, 0.2) is 0 Å². The van der Waals surface area contributed by atoms with Crippen LogP contribution in [0, 0.1) is 0 Å². The first-order chi connectivity index (χ1) is 5.81. The molecule has 2 aliphatic heterocycles. The molecule has 2 saturated heterocycles. The second kappa shape index (κ2) is 3.32. The number of nitrogens with one attached hydrogen (secondary N) is 1. The SMILES string of the molecule is O[C@@H]1CCOC2(CCNCC2)C1. The molecule has 2 aliphatic rings. The van der Waals surface area contributed by atoms with Crippen LogP contribution in [0.4, 0.5) is 0 Å². The fourth-order valence-electron chi connectivity index (χ4n) is 2.23. The Hall–Kier alpha value is -0.120. The highest BCUT2D eigenvalue weighted by molar-refractivity contribution is 4.90. The van der Waals surface area contributed by atoms with Crippen molar-refractivity contribution in [3.63, 3.8) is 0 Å². The molecule has 0 radical (unpaired) electrons. The zero-order valence-electron chi connectivity index (χ0n) is 7.38. The largest absolute Gasteiger partial charge is 0.393 e. The molecular formula is C9H17NO2. The summed E-state index contributed by atoms with van der Waals surface area (Å²) in [5.74, 6) is 0. The molecule has 2 rings (SSSR count). The van der Waals surface area contributed by atoms with Crippen molar-refractivity contribution < 1.29 is 9.84 Å². The number of hydrogen-bond donors (Lipinski definition) is 2. The second-order valence-corrected chi connectivity index (χ2v) is 3.93. The predicted octanol–water partition coefficient (Wildman–Crippen LogP) is 0.280. The highest BCUT2D eigenvalue weighted by Crippen LogP contribution is 2.32. The normalized spacial score (nSPS) is 35.2. The topological polar surface area (TPSA) is 41.5 Å². The van der Waals surface area contributed by atoms with Crippen molar-refractivity contribution in [3.05, 3.63) is 0 Å². The molecule has 2 heterocycles. The summed E-state index contributed by atoms with van der Waals surface area (Å²) in [6.07, 6.45) is 3.65. The van der Waals surface area contributed by atoms with Gasteiger partial charge in [-0.05, 0) is 32.4 Å². The number of piperidine rings is 1. The van der Waals surface area contributed by atoms with E-state index in [-0.39, 0.29) is 11.7 Å². The molecule has 70 valence electrons. The van der Waals surface area contributed by atoms with Crippen LogP contribution in [-0.4, -0.2) is 36.5 Å². The Balaban J connectivity index is 1.97. The van der Waals surface area contributed by atoms with Crippen LogP contribution >= 0.6 is 0 Å². The minimum absolute atomic E-state index is 0.0168. The summed E-state index contributed by atoms with van der Waals surface area (Å²) in [7, 11) is 0. The van der Waals surface area contributed by atoms with Gasteiger partial charge in [0.2, 0.25) is 0 Å². The Kier molecular flexibility index (Phi) is 2.35. The van der Waals surface area contributed by atoms with Crippen LogP contribution in [0.5, 0.6) is 0 Å². The predicted molar refractivity (Wildman–Crippen MR) is 46.0 cm³/mol. The highest BCUT2D eigenvalue weighted by atomic mass is 16.5. The molecule has 12 heavy (non-hydrogen) atoms. The number of hydrogen-bond acceptors (Lipinski definition) is 3. The lowest BCUT2D eigenvalue weighted by atomic mass is 9.84. The van der Waals surface area contributed by atoms with Crippen molar-refractivity contribution in [2.45, 2.75) is 37.4 Å². The Labute approximate surface area is 73.1 Å². The van der Waals surface area contributed by atoms with Crippen molar-refractivity contribution in [1.82, 2.24) is 5.32 Å². The molecule has 0 aliphatic carbocycles. The van der Waals surface area contributed by atoms with E-state index in [1.54, 1.807) is 0 Å². The van der Waals surface area contributed by atoms with E-state index in [1.807, 2.05) is 0 Å². The first kappa shape index (κ1) is 8.48. The smallest absolute Gasteiger partial charge is 0.0731 e. The van der Waals surface area contributed by atoms with E-state index < -0.39 is 0 Å².